The van der Waals surface area contributed by atoms with Crippen LogP contribution in [0, 0.1) is 5.92 Å². The summed E-state index contributed by atoms with van der Waals surface area (Å²) in [7, 11) is 1.49. The van der Waals surface area contributed by atoms with Gasteiger partial charge in [0.25, 0.3) is 5.91 Å². The zero-order valence-electron chi connectivity index (χ0n) is 14.8. The van der Waals surface area contributed by atoms with E-state index in [9.17, 15) is 9.59 Å². The smallest absolute Gasteiger partial charge is 0.271 e. The molecule has 1 aromatic carbocycles. The van der Waals surface area contributed by atoms with Gasteiger partial charge in [-0.25, -0.2) is 0 Å². The second-order valence-corrected chi connectivity index (χ2v) is 6.78. The Bertz CT molecular complexity index is 737. The molecule has 0 radical (unpaired) electrons. The molecule has 2 fully saturated rings. The fraction of sp³-hybridized carbons (Fsp3) is 0.500. The van der Waals surface area contributed by atoms with E-state index in [4.69, 9.17) is 20.9 Å². The van der Waals surface area contributed by atoms with Crippen LogP contribution in [0.25, 0.3) is 0 Å². The molecule has 8 heteroatoms. The fourth-order valence-electron chi connectivity index (χ4n) is 2.87. The first-order chi connectivity index (χ1) is 12.4. The molecule has 1 saturated heterocycles. The van der Waals surface area contributed by atoms with Crippen LogP contribution in [0.4, 0.5) is 5.69 Å². The summed E-state index contributed by atoms with van der Waals surface area (Å²) in [4.78, 5) is 28.7. The molecule has 1 aliphatic heterocycles. The molecule has 0 spiro atoms. The molecule has 8 nitrogen and oxygen atoms in total. The minimum Gasteiger partial charge on any atom is -0.493 e. The summed E-state index contributed by atoms with van der Waals surface area (Å²) in [5, 5.41) is 2.68. The van der Waals surface area contributed by atoms with Crippen LogP contribution in [0.5, 0.6) is 5.75 Å². The van der Waals surface area contributed by atoms with Crippen molar-refractivity contribution in [1.82, 2.24) is 5.32 Å². The van der Waals surface area contributed by atoms with Crippen molar-refractivity contribution in [1.29, 1.82) is 0 Å². The average molecular weight is 360 g/mol. The van der Waals surface area contributed by atoms with Crippen molar-refractivity contribution >= 4 is 23.2 Å². The van der Waals surface area contributed by atoms with Crippen LogP contribution in [0.1, 0.15) is 24.8 Å². The van der Waals surface area contributed by atoms with Gasteiger partial charge < -0.3 is 26.3 Å². The molecule has 0 bridgehead atoms. The minimum atomic E-state index is -1.22. The highest BCUT2D eigenvalue weighted by molar-refractivity contribution is 6.46. The topological polar surface area (TPSA) is 129 Å². The van der Waals surface area contributed by atoms with E-state index in [1.165, 1.54) is 19.9 Å². The van der Waals surface area contributed by atoms with Crippen molar-refractivity contribution < 1.29 is 19.1 Å². The largest absolute Gasteiger partial charge is 0.493 e. The average Bonchev–Trinajstić information content (AvgIpc) is 3.32. The van der Waals surface area contributed by atoms with Crippen LogP contribution in [0.15, 0.2) is 23.2 Å². The van der Waals surface area contributed by atoms with Crippen LogP contribution in [0.3, 0.4) is 0 Å². The monoisotopic (exact) mass is 360 g/mol. The van der Waals surface area contributed by atoms with E-state index >= 15 is 0 Å². The third kappa shape index (κ3) is 3.80. The highest BCUT2D eigenvalue weighted by Crippen LogP contribution is 2.30. The Morgan fingerprint density at radius 2 is 2.19 bits per heavy atom. The first-order valence-corrected chi connectivity index (χ1v) is 8.65. The first kappa shape index (κ1) is 18.2. The van der Waals surface area contributed by atoms with Crippen molar-refractivity contribution in [2.24, 2.45) is 16.6 Å². The number of hydrogen-bond acceptors (Lipinski definition) is 6. The van der Waals surface area contributed by atoms with Gasteiger partial charge >= 0.3 is 0 Å². The lowest BCUT2D eigenvalue weighted by atomic mass is 9.96. The lowest BCUT2D eigenvalue weighted by Crippen LogP contribution is -2.59. The van der Waals surface area contributed by atoms with Crippen molar-refractivity contribution in [3.8, 4) is 5.75 Å². The molecule has 1 aromatic rings. The summed E-state index contributed by atoms with van der Waals surface area (Å²) in [5.74, 6) is 0.0800. The first-order valence-electron chi connectivity index (χ1n) is 8.65. The third-order valence-electron chi connectivity index (χ3n) is 4.75. The molecule has 0 aromatic heterocycles. The number of nitrogen functional groups attached to an aromatic ring is 1. The van der Waals surface area contributed by atoms with Crippen LogP contribution >= 0.6 is 0 Å². The van der Waals surface area contributed by atoms with Gasteiger partial charge in [0.05, 0.1) is 13.2 Å². The van der Waals surface area contributed by atoms with Gasteiger partial charge in [-0.1, -0.05) is 0 Å². The second-order valence-electron chi connectivity index (χ2n) is 6.78. The van der Waals surface area contributed by atoms with Gasteiger partial charge in [-0.3, -0.25) is 14.6 Å². The predicted octanol–water partition coefficient (Wildman–Crippen LogP) is 0.237. The lowest BCUT2D eigenvalue weighted by molar-refractivity contribution is -0.129. The Balaban J connectivity index is 1.80. The van der Waals surface area contributed by atoms with E-state index < -0.39 is 17.4 Å². The zero-order valence-corrected chi connectivity index (χ0v) is 14.8. The number of rotatable bonds is 7. The molecule has 2 amide bonds. The molecule has 26 heavy (non-hydrogen) atoms. The number of primary amides is 1. The second kappa shape index (κ2) is 7.33. The molecule has 3 rings (SSSR count). The van der Waals surface area contributed by atoms with E-state index in [2.05, 4.69) is 10.3 Å². The number of amides is 2. The van der Waals surface area contributed by atoms with E-state index in [1.54, 1.807) is 18.2 Å². The number of nitrogens with zero attached hydrogens (tertiary/aromatic N) is 1. The number of carbonyl (C=O) groups excluding carboxylic acids is 2. The molecule has 5 N–H and O–H groups in total. The standard InChI is InChI=1S/C18H24N4O4/c1-21-15(16(23)22-18(17(20)24)6-7-25-10-18)13-8-12(4-5-14(13)19)26-9-11-2-3-11/h4-5,8,11H,2-3,6-7,9-10,19H2,1H3,(H2,20,24)(H,22,23). The summed E-state index contributed by atoms with van der Waals surface area (Å²) < 4.78 is 11.0. The van der Waals surface area contributed by atoms with E-state index in [0.29, 0.717) is 42.6 Å². The van der Waals surface area contributed by atoms with Gasteiger partial charge in [0.2, 0.25) is 5.91 Å². The number of nitrogens with two attached hydrogens (primary N) is 2. The summed E-state index contributed by atoms with van der Waals surface area (Å²) >= 11 is 0. The van der Waals surface area contributed by atoms with Gasteiger partial charge in [0.1, 0.15) is 17.0 Å². The van der Waals surface area contributed by atoms with E-state index in [-0.39, 0.29) is 12.3 Å². The minimum absolute atomic E-state index is 0.0467. The summed E-state index contributed by atoms with van der Waals surface area (Å²) in [6.45, 7) is 1.05. The summed E-state index contributed by atoms with van der Waals surface area (Å²) in [5.41, 5.74) is 11.3. The molecular formula is C18H24N4O4. The Morgan fingerprint density at radius 3 is 2.77 bits per heavy atom. The molecule has 2 aliphatic rings. The number of benzene rings is 1. The van der Waals surface area contributed by atoms with Gasteiger partial charge in [0, 0.05) is 31.3 Å². The highest BCUT2D eigenvalue weighted by atomic mass is 16.5. The van der Waals surface area contributed by atoms with Crippen molar-refractivity contribution in [2.45, 2.75) is 24.8 Å². The molecule has 1 aliphatic carbocycles. The molecule has 1 atom stereocenters. The number of aliphatic imine (C=N–C) groups is 1. The number of carbonyl (C=O) groups is 2. The summed E-state index contributed by atoms with van der Waals surface area (Å²) in [6.07, 6.45) is 2.69. The van der Waals surface area contributed by atoms with Gasteiger partial charge in [0.15, 0.2) is 0 Å². The Morgan fingerprint density at radius 1 is 1.42 bits per heavy atom. The van der Waals surface area contributed by atoms with Gasteiger partial charge in [-0.15, -0.1) is 0 Å². The van der Waals surface area contributed by atoms with E-state index in [0.717, 1.165) is 0 Å². The third-order valence-corrected chi connectivity index (χ3v) is 4.75. The van der Waals surface area contributed by atoms with Crippen molar-refractivity contribution in [3.05, 3.63) is 23.8 Å². The molecule has 1 unspecified atom stereocenters. The van der Waals surface area contributed by atoms with Crippen LogP contribution in [-0.4, -0.2) is 49.9 Å². The molecule has 140 valence electrons. The number of hydrogen-bond donors (Lipinski definition) is 3. The van der Waals surface area contributed by atoms with Crippen molar-refractivity contribution in [2.75, 3.05) is 32.6 Å². The van der Waals surface area contributed by atoms with Crippen LogP contribution in [0.2, 0.25) is 0 Å². The van der Waals surface area contributed by atoms with Crippen molar-refractivity contribution in [3.63, 3.8) is 0 Å². The Kier molecular flexibility index (Phi) is 5.13. The number of nitrogens with one attached hydrogen (secondary N) is 1. The van der Waals surface area contributed by atoms with Gasteiger partial charge in [-0.05, 0) is 37.0 Å². The van der Waals surface area contributed by atoms with E-state index in [1.807, 2.05) is 0 Å². The van der Waals surface area contributed by atoms with Crippen LogP contribution < -0.4 is 21.5 Å². The predicted molar refractivity (Wildman–Crippen MR) is 97.0 cm³/mol. The number of anilines is 1. The maximum atomic E-state index is 12.8. The molecule has 1 saturated carbocycles. The Hall–Kier alpha value is -2.61. The molecule has 1 heterocycles. The lowest BCUT2D eigenvalue weighted by Gasteiger charge is -2.25. The molecular weight excluding hydrogens is 336 g/mol. The highest BCUT2D eigenvalue weighted by Gasteiger charge is 2.43. The number of ether oxygens (including phenoxy) is 2. The zero-order chi connectivity index (χ0) is 18.7. The quantitative estimate of drug-likeness (QED) is 0.474. The SMILES string of the molecule is CN=C(C(=O)NC1(C(N)=O)CCOC1)c1cc(OCC2CC2)ccc1N. The maximum Gasteiger partial charge on any atom is 0.271 e. The normalized spacial score (nSPS) is 22.9. The Labute approximate surface area is 151 Å². The van der Waals surface area contributed by atoms with Crippen LogP contribution in [-0.2, 0) is 14.3 Å². The van der Waals surface area contributed by atoms with Gasteiger partial charge in [-0.2, -0.15) is 0 Å². The fourth-order valence-corrected chi connectivity index (χ4v) is 2.87. The summed E-state index contributed by atoms with van der Waals surface area (Å²) in [6, 6.07) is 5.14. The maximum absolute atomic E-state index is 12.8.